The lowest BCUT2D eigenvalue weighted by Gasteiger charge is -2.32. The van der Waals surface area contributed by atoms with Crippen molar-refractivity contribution in [2.24, 2.45) is 0 Å². The fourth-order valence-corrected chi connectivity index (χ4v) is 3.47. The van der Waals surface area contributed by atoms with Crippen molar-refractivity contribution >= 4 is 6.41 Å². The molecule has 1 saturated heterocycles. The van der Waals surface area contributed by atoms with Crippen LogP contribution in [0.5, 0.6) is 0 Å². The van der Waals surface area contributed by atoms with Crippen LogP contribution in [0.4, 0.5) is 4.39 Å². The second-order valence-corrected chi connectivity index (χ2v) is 7.21. The zero-order chi connectivity index (χ0) is 19.5. The van der Waals surface area contributed by atoms with Gasteiger partial charge in [0.2, 0.25) is 6.41 Å². The lowest BCUT2D eigenvalue weighted by molar-refractivity contribution is -0.119. The minimum absolute atomic E-state index is 0.256. The summed E-state index contributed by atoms with van der Waals surface area (Å²) < 4.78 is 15.3. The molecule has 0 aliphatic carbocycles. The van der Waals surface area contributed by atoms with Crippen LogP contribution in [-0.4, -0.2) is 52.2 Å². The number of amides is 1. The molecule has 0 atom stereocenters. The number of aromatic nitrogens is 2. The van der Waals surface area contributed by atoms with Gasteiger partial charge in [-0.3, -0.25) is 9.69 Å². The molecule has 4 rings (SSSR count). The highest BCUT2D eigenvalue weighted by atomic mass is 19.1. The van der Waals surface area contributed by atoms with Crippen LogP contribution in [0.25, 0.3) is 16.9 Å². The van der Waals surface area contributed by atoms with E-state index in [1.165, 1.54) is 17.7 Å². The van der Waals surface area contributed by atoms with E-state index in [4.69, 9.17) is 5.10 Å². The third kappa shape index (κ3) is 3.97. The zero-order valence-corrected chi connectivity index (χ0v) is 15.9. The number of rotatable bonds is 5. The Morgan fingerprint density at radius 1 is 1.00 bits per heavy atom. The van der Waals surface area contributed by atoms with Crippen LogP contribution in [0.15, 0.2) is 54.7 Å². The average Bonchev–Trinajstić information content (AvgIpc) is 3.13. The van der Waals surface area contributed by atoms with E-state index in [-0.39, 0.29) is 5.82 Å². The molecule has 0 unspecified atom stereocenters. The summed E-state index contributed by atoms with van der Waals surface area (Å²) in [5.41, 5.74) is 5.04. The van der Waals surface area contributed by atoms with E-state index in [2.05, 4.69) is 30.2 Å². The number of aryl methyl sites for hydroxylation is 1. The zero-order valence-electron chi connectivity index (χ0n) is 15.9. The number of carbonyl (C=O) groups excluding carboxylic acids is 1. The van der Waals surface area contributed by atoms with E-state index in [9.17, 15) is 9.18 Å². The van der Waals surface area contributed by atoms with Gasteiger partial charge in [-0.2, -0.15) is 5.10 Å². The smallest absolute Gasteiger partial charge is 0.209 e. The topological polar surface area (TPSA) is 41.4 Å². The molecule has 0 spiro atoms. The van der Waals surface area contributed by atoms with Gasteiger partial charge < -0.3 is 4.90 Å². The van der Waals surface area contributed by atoms with Crippen LogP contribution in [0.1, 0.15) is 11.1 Å². The van der Waals surface area contributed by atoms with Crippen LogP contribution >= 0.6 is 0 Å². The summed E-state index contributed by atoms with van der Waals surface area (Å²) in [6.45, 7) is 5.93. The van der Waals surface area contributed by atoms with Crippen LogP contribution in [0.3, 0.4) is 0 Å². The minimum atomic E-state index is -0.256. The molecule has 1 fully saturated rings. The van der Waals surface area contributed by atoms with Crippen molar-refractivity contribution < 1.29 is 9.18 Å². The van der Waals surface area contributed by atoms with Crippen molar-refractivity contribution in [1.82, 2.24) is 19.6 Å². The molecule has 1 amide bonds. The number of nitrogens with zero attached hydrogens (tertiary/aromatic N) is 4. The molecular formula is C22H23FN4O. The van der Waals surface area contributed by atoms with Crippen molar-refractivity contribution in [3.05, 3.63) is 71.7 Å². The summed E-state index contributed by atoms with van der Waals surface area (Å²) in [5, 5.41) is 4.81. The van der Waals surface area contributed by atoms with E-state index in [1.807, 2.05) is 16.8 Å². The number of carbonyl (C=O) groups is 1. The minimum Gasteiger partial charge on any atom is -0.343 e. The first-order valence-electron chi connectivity index (χ1n) is 9.45. The maximum atomic E-state index is 13.4. The molecule has 2 heterocycles. The quantitative estimate of drug-likeness (QED) is 0.640. The Bertz CT molecular complexity index is 942. The fraction of sp³-hybridized carbons (Fsp3) is 0.273. The van der Waals surface area contributed by atoms with Gasteiger partial charge in [0, 0.05) is 50.0 Å². The number of piperazine rings is 1. The predicted molar refractivity (Wildman–Crippen MR) is 107 cm³/mol. The van der Waals surface area contributed by atoms with Gasteiger partial charge in [0.25, 0.3) is 0 Å². The largest absolute Gasteiger partial charge is 0.343 e. The predicted octanol–water partition coefficient (Wildman–Crippen LogP) is 3.26. The first kappa shape index (κ1) is 18.4. The normalized spacial score (nSPS) is 15.0. The monoisotopic (exact) mass is 378 g/mol. The molecule has 6 heteroatoms. The van der Waals surface area contributed by atoms with E-state index in [1.54, 1.807) is 17.0 Å². The molecule has 0 radical (unpaired) electrons. The van der Waals surface area contributed by atoms with Gasteiger partial charge in [-0.25, -0.2) is 9.07 Å². The highest BCUT2D eigenvalue weighted by Crippen LogP contribution is 2.26. The van der Waals surface area contributed by atoms with Gasteiger partial charge >= 0.3 is 0 Å². The van der Waals surface area contributed by atoms with Crippen molar-refractivity contribution in [2.45, 2.75) is 13.5 Å². The fourth-order valence-electron chi connectivity index (χ4n) is 3.47. The highest BCUT2D eigenvalue weighted by molar-refractivity contribution is 5.63. The van der Waals surface area contributed by atoms with Gasteiger partial charge in [-0.15, -0.1) is 0 Å². The summed E-state index contributed by atoms with van der Waals surface area (Å²) in [5.74, 6) is -0.256. The summed E-state index contributed by atoms with van der Waals surface area (Å²) in [7, 11) is 0. The Balaban J connectivity index is 1.65. The van der Waals surface area contributed by atoms with Crippen molar-refractivity contribution in [1.29, 1.82) is 0 Å². The van der Waals surface area contributed by atoms with Crippen molar-refractivity contribution in [3.63, 3.8) is 0 Å². The molecular weight excluding hydrogens is 355 g/mol. The van der Waals surface area contributed by atoms with Crippen LogP contribution < -0.4 is 0 Å². The Hall–Kier alpha value is -2.99. The Kier molecular flexibility index (Phi) is 5.21. The molecule has 144 valence electrons. The molecule has 28 heavy (non-hydrogen) atoms. The van der Waals surface area contributed by atoms with Crippen LogP contribution in [-0.2, 0) is 11.3 Å². The first-order chi connectivity index (χ1) is 13.6. The molecule has 0 bridgehead atoms. The third-order valence-corrected chi connectivity index (χ3v) is 5.16. The highest BCUT2D eigenvalue weighted by Gasteiger charge is 2.19. The molecule has 3 aromatic rings. The van der Waals surface area contributed by atoms with E-state index in [0.717, 1.165) is 61.6 Å². The first-order valence-corrected chi connectivity index (χ1v) is 9.45. The maximum Gasteiger partial charge on any atom is 0.209 e. The van der Waals surface area contributed by atoms with Gasteiger partial charge in [-0.1, -0.05) is 17.7 Å². The Morgan fingerprint density at radius 3 is 2.32 bits per heavy atom. The van der Waals surface area contributed by atoms with E-state index >= 15 is 0 Å². The molecule has 0 N–H and O–H groups in total. The lowest BCUT2D eigenvalue weighted by Crippen LogP contribution is -2.45. The van der Waals surface area contributed by atoms with Gasteiger partial charge in [0.05, 0.1) is 11.4 Å². The summed E-state index contributed by atoms with van der Waals surface area (Å²) in [4.78, 5) is 15.1. The maximum absolute atomic E-state index is 13.4. The number of hydrogen-bond acceptors (Lipinski definition) is 3. The van der Waals surface area contributed by atoms with Gasteiger partial charge in [-0.05, 0) is 43.3 Å². The SMILES string of the molecule is Cc1ccc(-n2cc(CN3CCN(C=O)CC3)c(-c3ccc(F)cc3)n2)cc1. The standard InChI is InChI=1S/C22H23FN4O/c1-17-2-8-21(9-3-17)27-15-19(14-25-10-12-26(16-28)13-11-25)22(24-27)18-4-6-20(23)7-5-18/h2-9,15-16H,10-14H2,1H3. The number of benzene rings is 2. The number of hydrogen-bond donors (Lipinski definition) is 0. The van der Waals surface area contributed by atoms with Crippen molar-refractivity contribution in [2.75, 3.05) is 26.2 Å². The third-order valence-electron chi connectivity index (χ3n) is 5.16. The van der Waals surface area contributed by atoms with Gasteiger partial charge in [0.1, 0.15) is 5.82 Å². The molecule has 5 nitrogen and oxygen atoms in total. The number of halogens is 1. The molecule has 1 aliphatic heterocycles. The second-order valence-electron chi connectivity index (χ2n) is 7.21. The van der Waals surface area contributed by atoms with Crippen LogP contribution in [0, 0.1) is 12.7 Å². The molecule has 0 saturated carbocycles. The second kappa shape index (κ2) is 7.94. The summed E-state index contributed by atoms with van der Waals surface area (Å²) in [6.07, 6.45) is 2.96. The van der Waals surface area contributed by atoms with Gasteiger partial charge in [0.15, 0.2) is 0 Å². The lowest BCUT2D eigenvalue weighted by atomic mass is 10.1. The van der Waals surface area contributed by atoms with E-state index < -0.39 is 0 Å². The average molecular weight is 378 g/mol. The van der Waals surface area contributed by atoms with E-state index in [0.29, 0.717) is 0 Å². The van der Waals surface area contributed by atoms with Crippen LogP contribution in [0.2, 0.25) is 0 Å². The molecule has 1 aromatic heterocycles. The molecule has 2 aromatic carbocycles. The van der Waals surface area contributed by atoms with Crippen molar-refractivity contribution in [3.8, 4) is 16.9 Å². The summed E-state index contributed by atoms with van der Waals surface area (Å²) in [6, 6.07) is 14.7. The molecule has 1 aliphatic rings. The Morgan fingerprint density at radius 2 is 1.68 bits per heavy atom. The summed E-state index contributed by atoms with van der Waals surface area (Å²) >= 11 is 0. The Labute approximate surface area is 164 Å².